The van der Waals surface area contributed by atoms with Gasteiger partial charge in [0.2, 0.25) is 0 Å². The third kappa shape index (κ3) is 3.73. The zero-order chi connectivity index (χ0) is 21.4. The van der Waals surface area contributed by atoms with E-state index >= 15 is 0 Å². The Morgan fingerprint density at radius 1 is 1.37 bits per heavy atom. The summed E-state index contributed by atoms with van der Waals surface area (Å²) in [4.78, 5) is 12.8. The summed E-state index contributed by atoms with van der Waals surface area (Å²) in [6, 6.07) is 9.95. The van der Waals surface area contributed by atoms with Crippen LogP contribution in [0.25, 0.3) is 16.6 Å². The first-order chi connectivity index (χ1) is 14.4. The summed E-state index contributed by atoms with van der Waals surface area (Å²) in [5.74, 6) is 4.00. The molecule has 2 N–H and O–H groups in total. The Morgan fingerprint density at radius 3 is 2.63 bits per heavy atom. The molecule has 30 heavy (non-hydrogen) atoms. The molecule has 158 valence electrons. The van der Waals surface area contributed by atoms with Crippen molar-refractivity contribution in [2.75, 3.05) is 30.8 Å². The van der Waals surface area contributed by atoms with Gasteiger partial charge in [-0.3, -0.25) is 4.79 Å². The van der Waals surface area contributed by atoms with Crippen LogP contribution in [-0.2, 0) is 0 Å². The Kier molecular flexibility index (Phi) is 5.62. The number of fused-ring (bicyclic) bond motifs is 1. The first kappa shape index (κ1) is 20.6. The lowest BCUT2D eigenvalue weighted by Gasteiger charge is -2.27. The normalized spacial score (nSPS) is 14.7. The van der Waals surface area contributed by atoms with Gasteiger partial charge in [-0.1, -0.05) is 5.87 Å². The number of benzene rings is 2. The highest BCUT2D eigenvalue weighted by atomic mass is 32.2. The molecule has 0 bridgehead atoms. The first-order valence-electron chi connectivity index (χ1n) is 9.83. The van der Waals surface area contributed by atoms with Crippen molar-refractivity contribution in [3.05, 3.63) is 53.5 Å². The molecule has 6 nitrogen and oxygen atoms in total. The first-order valence-corrected chi connectivity index (χ1v) is 11.6. The topological polar surface area (TPSA) is 70.4 Å². The van der Waals surface area contributed by atoms with Crippen molar-refractivity contribution in [2.24, 2.45) is 0 Å². The molecule has 1 saturated carbocycles. The molecule has 1 atom stereocenters. The minimum absolute atomic E-state index is 0.0303. The summed E-state index contributed by atoms with van der Waals surface area (Å²) in [6.45, 7) is 0.512. The Morgan fingerprint density at radius 2 is 2.07 bits per heavy atom. The van der Waals surface area contributed by atoms with Crippen molar-refractivity contribution >= 4 is 39.0 Å². The van der Waals surface area contributed by atoms with Gasteiger partial charge in [-0.05, 0) is 67.0 Å². The van der Waals surface area contributed by atoms with E-state index in [4.69, 9.17) is 5.10 Å². The highest BCUT2D eigenvalue weighted by molar-refractivity contribution is 8.14. The third-order valence-corrected chi connectivity index (χ3v) is 6.43. The van der Waals surface area contributed by atoms with Crippen molar-refractivity contribution < 1.29 is 14.3 Å². The molecule has 8 heteroatoms. The van der Waals surface area contributed by atoms with Crippen LogP contribution >= 0.6 is 10.7 Å². The Bertz CT molecular complexity index is 1120. The number of hydrogen-bond acceptors (Lipinski definition) is 4. The fourth-order valence-corrected chi connectivity index (χ4v) is 4.60. The van der Waals surface area contributed by atoms with Crippen LogP contribution in [0.4, 0.5) is 10.1 Å². The quantitative estimate of drug-likeness (QED) is 0.566. The molecule has 0 radical (unpaired) electrons. The van der Waals surface area contributed by atoms with Crippen LogP contribution in [-0.4, -0.2) is 53.1 Å². The number of carbonyl (C=O) groups excluding carboxylic acids is 1. The molecule has 1 unspecified atom stereocenters. The highest BCUT2D eigenvalue weighted by Gasteiger charge is 2.30. The molecule has 0 spiro atoms. The van der Waals surface area contributed by atoms with Gasteiger partial charge in [0.1, 0.15) is 11.5 Å². The molecule has 2 aromatic carbocycles. The largest absolute Gasteiger partial charge is 0.394 e. The van der Waals surface area contributed by atoms with Gasteiger partial charge in [-0.25, -0.2) is 9.07 Å². The van der Waals surface area contributed by atoms with E-state index in [2.05, 4.69) is 21.6 Å². The SMILES string of the molecule is C=S(C)N(CCO)c1cc2nn(-c3ccc(F)cc3)c(C(=O)NC)c2cc1C1CC1. The fraction of sp³-hybridized carbons (Fsp3) is 0.318. The third-order valence-electron chi connectivity index (χ3n) is 5.30. The number of hydrogen-bond donors (Lipinski definition) is 2. The molecule has 1 aromatic heterocycles. The number of rotatable bonds is 7. The number of aromatic nitrogens is 2. The Labute approximate surface area is 177 Å². The van der Waals surface area contributed by atoms with Crippen LogP contribution < -0.4 is 9.62 Å². The summed E-state index contributed by atoms with van der Waals surface area (Å²) >= 11 is 0. The van der Waals surface area contributed by atoms with E-state index in [1.165, 1.54) is 12.1 Å². The molecule has 0 saturated heterocycles. The summed E-state index contributed by atoms with van der Waals surface area (Å²) in [6.07, 6.45) is 4.21. The number of anilines is 1. The van der Waals surface area contributed by atoms with E-state index in [9.17, 15) is 14.3 Å². The summed E-state index contributed by atoms with van der Waals surface area (Å²) in [5.41, 5.74) is 3.87. The average molecular weight is 429 g/mol. The van der Waals surface area contributed by atoms with Crippen LogP contribution in [0.1, 0.15) is 34.8 Å². The molecule has 1 aliphatic carbocycles. The van der Waals surface area contributed by atoms with Crippen molar-refractivity contribution in [2.45, 2.75) is 18.8 Å². The minimum atomic E-state index is -0.347. The monoisotopic (exact) mass is 428 g/mol. The number of halogens is 1. The maximum absolute atomic E-state index is 13.4. The fourth-order valence-electron chi connectivity index (χ4n) is 3.72. The molecule has 1 amide bonds. The van der Waals surface area contributed by atoms with Crippen LogP contribution in [0.5, 0.6) is 0 Å². The maximum Gasteiger partial charge on any atom is 0.270 e. The number of nitrogens with one attached hydrogen (secondary N) is 1. The molecular weight excluding hydrogens is 403 g/mol. The number of aliphatic hydroxyl groups is 1. The van der Waals surface area contributed by atoms with Crippen molar-refractivity contribution in [3.8, 4) is 5.69 Å². The van der Waals surface area contributed by atoms with Crippen LogP contribution in [0, 0.1) is 5.82 Å². The van der Waals surface area contributed by atoms with E-state index in [1.54, 1.807) is 23.9 Å². The van der Waals surface area contributed by atoms with Gasteiger partial charge in [0.05, 0.1) is 30.0 Å². The van der Waals surface area contributed by atoms with Crippen molar-refractivity contribution in [3.63, 3.8) is 0 Å². The lowest BCUT2D eigenvalue weighted by atomic mass is 10.0. The molecule has 1 aliphatic rings. The van der Waals surface area contributed by atoms with Crippen LogP contribution in [0.3, 0.4) is 0 Å². The Hall–Kier alpha value is -2.71. The van der Waals surface area contributed by atoms with E-state index in [0.29, 0.717) is 29.4 Å². The second-order valence-corrected chi connectivity index (χ2v) is 9.09. The molecule has 1 heterocycles. The van der Waals surface area contributed by atoms with E-state index in [1.807, 2.05) is 12.3 Å². The predicted octanol–water partition coefficient (Wildman–Crippen LogP) is 3.45. The Balaban J connectivity index is 1.97. The molecule has 1 fully saturated rings. The van der Waals surface area contributed by atoms with E-state index in [0.717, 1.165) is 29.5 Å². The van der Waals surface area contributed by atoms with Gasteiger partial charge >= 0.3 is 0 Å². The predicted molar refractivity (Wildman–Crippen MR) is 121 cm³/mol. The van der Waals surface area contributed by atoms with Crippen LogP contribution in [0.15, 0.2) is 36.4 Å². The number of carbonyl (C=O) groups is 1. The molecule has 3 aromatic rings. The zero-order valence-electron chi connectivity index (χ0n) is 17.1. The zero-order valence-corrected chi connectivity index (χ0v) is 17.9. The van der Waals surface area contributed by atoms with E-state index < -0.39 is 0 Å². The second kappa shape index (κ2) is 8.20. The molecular formula is C22H25FN4O2S. The number of aliphatic hydroxyl groups excluding tert-OH is 1. The van der Waals surface area contributed by atoms with E-state index in [-0.39, 0.29) is 29.0 Å². The van der Waals surface area contributed by atoms with Gasteiger partial charge in [0.15, 0.2) is 0 Å². The molecule has 0 aliphatic heterocycles. The highest BCUT2D eigenvalue weighted by Crippen LogP contribution is 2.47. The molecule has 4 rings (SSSR count). The standard InChI is InChI=1S/C22H25FN4O2S/c1-24-22(29)21-18-12-17(14-4-5-14)20(26(10-11-28)30(2)3)13-19(18)25-27(21)16-8-6-15(23)7-9-16/h6-9,12-14,28H,2,4-5,10-11H2,1,3H3,(H,24,29). The van der Waals surface area contributed by atoms with Gasteiger partial charge in [-0.15, -0.1) is 10.7 Å². The van der Waals surface area contributed by atoms with Gasteiger partial charge < -0.3 is 14.7 Å². The lowest BCUT2D eigenvalue weighted by Crippen LogP contribution is -2.22. The van der Waals surface area contributed by atoms with Crippen LogP contribution in [0.2, 0.25) is 0 Å². The van der Waals surface area contributed by atoms with Crippen molar-refractivity contribution in [1.82, 2.24) is 15.1 Å². The smallest absolute Gasteiger partial charge is 0.270 e. The second-order valence-electron chi connectivity index (χ2n) is 7.44. The summed E-state index contributed by atoms with van der Waals surface area (Å²) in [7, 11) is 1.26. The van der Waals surface area contributed by atoms with Gasteiger partial charge in [-0.2, -0.15) is 5.10 Å². The minimum Gasteiger partial charge on any atom is -0.394 e. The summed E-state index contributed by atoms with van der Waals surface area (Å²) < 4.78 is 17.1. The average Bonchev–Trinajstić information content (AvgIpc) is 3.51. The number of nitrogens with zero attached hydrogens (tertiary/aromatic N) is 3. The number of amides is 1. The van der Waals surface area contributed by atoms with Crippen molar-refractivity contribution in [1.29, 1.82) is 0 Å². The lowest BCUT2D eigenvalue weighted by molar-refractivity contribution is 0.0957. The van der Waals surface area contributed by atoms with Gasteiger partial charge in [0.25, 0.3) is 5.91 Å². The maximum atomic E-state index is 13.4. The summed E-state index contributed by atoms with van der Waals surface area (Å²) in [5, 5.41) is 17.7. The van der Waals surface area contributed by atoms with Gasteiger partial charge in [0, 0.05) is 12.4 Å².